The van der Waals surface area contributed by atoms with E-state index in [1.54, 1.807) is 11.1 Å². The van der Waals surface area contributed by atoms with Crippen LogP contribution < -0.4 is 4.90 Å². The Hall–Kier alpha value is -5.18. The summed E-state index contributed by atoms with van der Waals surface area (Å²) in [4.78, 5) is 45.0. The zero-order valence-electron chi connectivity index (χ0n) is 23.1. The molecule has 0 N–H and O–H groups in total. The van der Waals surface area contributed by atoms with E-state index in [-0.39, 0.29) is 5.69 Å². The molecule has 3 aliphatic rings. The molecule has 4 atom stereocenters. The number of alkyl halides is 3. The molecule has 0 spiro atoms. The number of carbonyl (C=O) groups is 3. The molecular weight excluding hydrogens is 569 g/mol. The van der Waals surface area contributed by atoms with Crippen molar-refractivity contribution in [3.63, 3.8) is 0 Å². The molecule has 0 aliphatic carbocycles. The lowest BCUT2D eigenvalue weighted by Crippen LogP contribution is -2.45. The highest BCUT2D eigenvalue weighted by atomic mass is 19.4. The maximum atomic E-state index is 14.3. The predicted octanol–water partition coefficient (Wildman–Crippen LogP) is 6.55. The molecule has 2 saturated heterocycles. The highest BCUT2D eigenvalue weighted by Gasteiger charge is 2.65. The van der Waals surface area contributed by atoms with Crippen molar-refractivity contribution in [1.82, 2.24) is 4.90 Å². The van der Waals surface area contributed by atoms with E-state index in [0.717, 1.165) is 45.4 Å². The molecule has 9 heteroatoms. The van der Waals surface area contributed by atoms with Gasteiger partial charge in [0.25, 0.3) is 0 Å². The van der Waals surface area contributed by atoms with Crippen molar-refractivity contribution in [2.45, 2.75) is 24.4 Å². The first-order chi connectivity index (χ1) is 21.2. The topological polar surface area (TPSA) is 66.9 Å². The van der Waals surface area contributed by atoms with Crippen molar-refractivity contribution in [2.24, 2.45) is 11.8 Å². The summed E-state index contributed by atoms with van der Waals surface area (Å²) in [6.45, 7) is 0. The van der Waals surface area contributed by atoms with Crippen LogP contribution in [-0.4, -0.2) is 28.7 Å². The second-order valence-electron chi connectivity index (χ2n) is 11.0. The van der Waals surface area contributed by atoms with Crippen LogP contribution in [0.25, 0.3) is 6.08 Å². The SMILES string of the molecule is O=C(OC(c1ccccc1)c1ccccc1)[C@@H]1[C@@H]2C(=O)N(c3cccc(C(F)(F)F)c3)C(=O)[C@@H]2[C@@H]2c3ccccc3C=CN12. The van der Waals surface area contributed by atoms with Gasteiger partial charge in [0.2, 0.25) is 11.8 Å². The number of nitrogens with zero attached hydrogens (tertiary/aromatic N) is 2. The molecule has 3 aliphatic heterocycles. The van der Waals surface area contributed by atoms with E-state index < -0.39 is 59.5 Å². The summed E-state index contributed by atoms with van der Waals surface area (Å²) in [6, 6.07) is 28.0. The Morgan fingerprint density at radius 2 is 1.36 bits per heavy atom. The van der Waals surface area contributed by atoms with E-state index in [1.165, 1.54) is 6.07 Å². The van der Waals surface area contributed by atoms with Crippen molar-refractivity contribution in [2.75, 3.05) is 4.90 Å². The number of anilines is 1. The second-order valence-corrected chi connectivity index (χ2v) is 11.0. The molecule has 3 heterocycles. The largest absolute Gasteiger partial charge is 0.451 e. The first-order valence-corrected chi connectivity index (χ1v) is 14.1. The quantitative estimate of drug-likeness (QED) is 0.194. The van der Waals surface area contributed by atoms with Gasteiger partial charge >= 0.3 is 12.1 Å². The van der Waals surface area contributed by atoms with Crippen LogP contribution in [0.5, 0.6) is 0 Å². The summed E-state index contributed by atoms with van der Waals surface area (Å²) >= 11 is 0. The van der Waals surface area contributed by atoms with Gasteiger partial charge < -0.3 is 9.64 Å². The van der Waals surface area contributed by atoms with E-state index in [4.69, 9.17) is 4.74 Å². The van der Waals surface area contributed by atoms with Crippen molar-refractivity contribution < 1.29 is 32.3 Å². The molecule has 0 radical (unpaired) electrons. The number of esters is 1. The first kappa shape index (κ1) is 27.6. The van der Waals surface area contributed by atoms with E-state index >= 15 is 0 Å². The zero-order chi connectivity index (χ0) is 30.6. The van der Waals surface area contributed by atoms with Gasteiger partial charge in [0.05, 0.1) is 29.1 Å². The first-order valence-electron chi connectivity index (χ1n) is 14.1. The molecule has 7 rings (SSSR count). The third-order valence-electron chi connectivity index (χ3n) is 8.57. The minimum absolute atomic E-state index is 0.186. The van der Waals surface area contributed by atoms with Crippen LogP contribution in [0, 0.1) is 11.8 Å². The molecule has 220 valence electrons. The number of fused-ring (bicyclic) bond motifs is 5. The number of imide groups is 1. The number of hydrogen-bond donors (Lipinski definition) is 0. The minimum atomic E-state index is -4.67. The van der Waals surface area contributed by atoms with Gasteiger partial charge in [-0.3, -0.25) is 9.59 Å². The maximum Gasteiger partial charge on any atom is 0.416 e. The average Bonchev–Trinajstić information content (AvgIpc) is 3.52. The molecule has 2 fully saturated rings. The molecule has 2 amide bonds. The summed E-state index contributed by atoms with van der Waals surface area (Å²) in [7, 11) is 0. The molecule has 4 aromatic carbocycles. The van der Waals surface area contributed by atoms with E-state index in [1.807, 2.05) is 91.0 Å². The number of benzene rings is 4. The van der Waals surface area contributed by atoms with Crippen LogP contribution >= 0.6 is 0 Å². The average molecular weight is 595 g/mol. The summed E-state index contributed by atoms with van der Waals surface area (Å²) in [5.74, 6) is -4.31. The van der Waals surface area contributed by atoms with Crippen LogP contribution in [0.2, 0.25) is 0 Å². The summed E-state index contributed by atoms with van der Waals surface area (Å²) in [5.41, 5.74) is 1.84. The number of hydrogen-bond acceptors (Lipinski definition) is 5. The number of ether oxygens (including phenoxy) is 1. The van der Waals surface area contributed by atoms with Crippen molar-refractivity contribution in [3.05, 3.63) is 143 Å². The van der Waals surface area contributed by atoms with Gasteiger partial charge in [-0.2, -0.15) is 13.2 Å². The third-order valence-corrected chi connectivity index (χ3v) is 8.57. The van der Waals surface area contributed by atoms with Crippen LogP contribution in [0.15, 0.2) is 115 Å². The monoisotopic (exact) mass is 594 g/mol. The molecule has 0 saturated carbocycles. The van der Waals surface area contributed by atoms with Crippen molar-refractivity contribution >= 4 is 29.5 Å². The van der Waals surface area contributed by atoms with Gasteiger partial charge in [0, 0.05) is 6.20 Å². The Balaban J connectivity index is 1.31. The predicted molar refractivity (Wildman–Crippen MR) is 156 cm³/mol. The number of carbonyl (C=O) groups excluding carboxylic acids is 3. The summed E-state index contributed by atoms with van der Waals surface area (Å²) < 4.78 is 46.9. The van der Waals surface area contributed by atoms with Crippen LogP contribution in [0.3, 0.4) is 0 Å². The van der Waals surface area contributed by atoms with Crippen LogP contribution in [0.1, 0.15) is 40.0 Å². The third kappa shape index (κ3) is 4.47. The molecule has 44 heavy (non-hydrogen) atoms. The van der Waals surface area contributed by atoms with E-state index in [9.17, 15) is 27.6 Å². The Bertz CT molecular complexity index is 1750. The van der Waals surface area contributed by atoms with E-state index in [2.05, 4.69) is 0 Å². The Morgan fingerprint density at radius 1 is 0.750 bits per heavy atom. The second kappa shape index (κ2) is 10.5. The summed E-state index contributed by atoms with van der Waals surface area (Å²) in [6.07, 6.45) is -1.95. The molecule has 0 aromatic heterocycles. The molecule has 0 unspecified atom stereocenters. The minimum Gasteiger partial charge on any atom is -0.451 e. The lowest BCUT2D eigenvalue weighted by molar-refractivity contribution is -0.155. The van der Waals surface area contributed by atoms with Crippen molar-refractivity contribution in [1.29, 1.82) is 0 Å². The lowest BCUT2D eigenvalue weighted by atomic mass is 9.84. The van der Waals surface area contributed by atoms with Gasteiger partial charge in [-0.05, 0) is 46.5 Å². The van der Waals surface area contributed by atoms with E-state index in [0.29, 0.717) is 0 Å². The number of halogens is 3. The van der Waals surface area contributed by atoms with Crippen molar-refractivity contribution in [3.8, 4) is 0 Å². The highest BCUT2D eigenvalue weighted by molar-refractivity contribution is 6.24. The normalized spacial score (nSPS) is 22.2. The fourth-order valence-corrected chi connectivity index (χ4v) is 6.67. The van der Waals surface area contributed by atoms with Gasteiger partial charge in [-0.1, -0.05) is 91.0 Å². The van der Waals surface area contributed by atoms with Crippen LogP contribution in [0.4, 0.5) is 18.9 Å². The Morgan fingerprint density at radius 3 is 2.02 bits per heavy atom. The fraction of sp³-hybridized carbons (Fsp3) is 0.171. The zero-order valence-corrected chi connectivity index (χ0v) is 23.1. The standard InChI is InChI=1S/C35H25F3N2O4/c36-35(37,38)24-15-9-16-25(20-24)40-32(41)27-28(33(40)42)30(39-19-18-21-10-7-8-17-26(21)29(27)39)34(43)44-31(22-11-3-1-4-12-22)23-13-5-2-6-14-23/h1-20,27-31H/t27-,28+,29-,30-/m0/s1. The van der Waals surface area contributed by atoms with Crippen LogP contribution in [-0.2, 0) is 25.3 Å². The molecule has 4 aromatic rings. The summed E-state index contributed by atoms with van der Waals surface area (Å²) in [5, 5.41) is 0. The molecule has 0 bridgehead atoms. The number of amides is 2. The van der Waals surface area contributed by atoms with Gasteiger partial charge in [0.15, 0.2) is 6.10 Å². The fourth-order valence-electron chi connectivity index (χ4n) is 6.67. The molecular formula is C35H25F3N2O4. The lowest BCUT2D eigenvalue weighted by Gasteiger charge is -2.35. The Kier molecular flexibility index (Phi) is 6.61. The molecule has 6 nitrogen and oxygen atoms in total. The smallest absolute Gasteiger partial charge is 0.416 e. The Labute approximate surface area is 251 Å². The highest BCUT2D eigenvalue weighted by Crippen LogP contribution is 2.54. The number of rotatable bonds is 5. The van der Waals surface area contributed by atoms with Gasteiger partial charge in [-0.25, -0.2) is 9.69 Å². The maximum absolute atomic E-state index is 14.3. The van der Waals surface area contributed by atoms with Gasteiger partial charge in [0.1, 0.15) is 6.04 Å². The van der Waals surface area contributed by atoms with Gasteiger partial charge in [-0.15, -0.1) is 0 Å².